The van der Waals surface area contributed by atoms with Crippen molar-refractivity contribution in [2.45, 2.75) is 20.3 Å². The third kappa shape index (κ3) is 3.67. The van der Waals surface area contributed by atoms with E-state index in [0.29, 0.717) is 18.7 Å². The summed E-state index contributed by atoms with van der Waals surface area (Å²) in [7, 11) is -3.60. The number of anilines is 2. The number of hydrogen-bond donors (Lipinski definition) is 0. The van der Waals surface area contributed by atoms with E-state index in [-0.39, 0.29) is 23.8 Å². The summed E-state index contributed by atoms with van der Waals surface area (Å²) < 4.78 is 25.0. The molecule has 2 heterocycles. The van der Waals surface area contributed by atoms with Crippen molar-refractivity contribution in [2.75, 3.05) is 41.1 Å². The fraction of sp³-hybridized carbons (Fsp3) is 0.364. The van der Waals surface area contributed by atoms with Gasteiger partial charge in [-0.05, 0) is 55.3 Å². The number of piperazine rings is 1. The topological polar surface area (TPSA) is 78.0 Å². The molecule has 0 unspecified atom stereocenters. The van der Waals surface area contributed by atoms with Gasteiger partial charge < -0.3 is 9.80 Å². The van der Waals surface area contributed by atoms with Crippen molar-refractivity contribution >= 4 is 33.2 Å². The number of rotatable bonds is 3. The molecule has 2 aromatic rings. The molecule has 4 rings (SSSR count). The van der Waals surface area contributed by atoms with Crippen molar-refractivity contribution in [1.29, 1.82) is 0 Å². The molecule has 0 spiro atoms. The van der Waals surface area contributed by atoms with Gasteiger partial charge in [-0.1, -0.05) is 12.1 Å². The highest BCUT2D eigenvalue weighted by molar-refractivity contribution is 7.94. The lowest BCUT2D eigenvalue weighted by Crippen LogP contribution is -2.49. The number of benzene rings is 2. The van der Waals surface area contributed by atoms with E-state index in [0.717, 1.165) is 17.4 Å². The Labute approximate surface area is 176 Å². The minimum absolute atomic E-state index is 0.00624. The normalized spacial score (nSPS) is 18.7. The molecular formula is C22H25N3O4S. The molecule has 7 nitrogen and oxygen atoms in total. The van der Waals surface area contributed by atoms with Crippen LogP contribution < -0.4 is 9.21 Å². The summed E-state index contributed by atoms with van der Waals surface area (Å²) in [4.78, 5) is 28.9. The smallest absolute Gasteiger partial charge is 0.253 e. The zero-order valence-corrected chi connectivity index (χ0v) is 18.0. The Hall–Kier alpha value is -2.87. The number of aryl methyl sites for hydroxylation is 1. The van der Waals surface area contributed by atoms with Crippen LogP contribution in [0.5, 0.6) is 0 Å². The standard InChI is InChI=1S/C22H25N3O4S/c1-16-4-3-5-20(17(16)2)23-11-13-24(14-12-23)22(27)18-6-8-19(9-7-18)25-21(26)10-15-30(25,28)29/h3-9H,10-15H2,1-2H3. The first kappa shape index (κ1) is 20.4. The van der Waals surface area contributed by atoms with Gasteiger partial charge in [0.05, 0.1) is 11.4 Å². The second kappa shape index (κ2) is 7.75. The van der Waals surface area contributed by atoms with Crippen LogP contribution in [0.3, 0.4) is 0 Å². The van der Waals surface area contributed by atoms with Crippen molar-refractivity contribution in [2.24, 2.45) is 0 Å². The molecule has 2 fully saturated rings. The molecule has 0 aromatic heterocycles. The lowest BCUT2D eigenvalue weighted by Gasteiger charge is -2.37. The number of sulfonamides is 1. The number of hydrogen-bond acceptors (Lipinski definition) is 5. The van der Waals surface area contributed by atoms with Crippen molar-refractivity contribution in [3.63, 3.8) is 0 Å². The van der Waals surface area contributed by atoms with E-state index in [4.69, 9.17) is 0 Å². The van der Waals surface area contributed by atoms with Gasteiger partial charge in [0.15, 0.2) is 0 Å². The predicted molar refractivity (Wildman–Crippen MR) is 116 cm³/mol. The molecule has 0 saturated carbocycles. The Morgan fingerprint density at radius 1 is 0.933 bits per heavy atom. The summed E-state index contributed by atoms with van der Waals surface area (Å²) in [6.45, 7) is 6.97. The SMILES string of the molecule is Cc1cccc(N2CCN(C(=O)c3ccc(N4C(=O)CCS4(=O)=O)cc3)CC2)c1C. The Morgan fingerprint density at radius 2 is 1.60 bits per heavy atom. The molecule has 2 saturated heterocycles. The van der Waals surface area contributed by atoms with Crippen LogP contribution in [0.2, 0.25) is 0 Å². The Morgan fingerprint density at radius 3 is 2.20 bits per heavy atom. The van der Waals surface area contributed by atoms with E-state index in [1.54, 1.807) is 12.1 Å². The van der Waals surface area contributed by atoms with E-state index < -0.39 is 15.9 Å². The Balaban J connectivity index is 1.43. The van der Waals surface area contributed by atoms with Gasteiger partial charge >= 0.3 is 0 Å². The van der Waals surface area contributed by atoms with Crippen LogP contribution in [0, 0.1) is 13.8 Å². The molecule has 2 aliphatic rings. The van der Waals surface area contributed by atoms with Gasteiger partial charge in [0.2, 0.25) is 15.9 Å². The molecule has 2 aliphatic heterocycles. The van der Waals surface area contributed by atoms with Crippen LogP contribution in [-0.2, 0) is 14.8 Å². The van der Waals surface area contributed by atoms with Gasteiger partial charge in [0, 0.05) is 43.9 Å². The second-order valence-corrected chi connectivity index (χ2v) is 9.71. The first-order valence-corrected chi connectivity index (χ1v) is 11.7. The maximum absolute atomic E-state index is 12.9. The molecule has 0 bridgehead atoms. The zero-order chi connectivity index (χ0) is 21.5. The summed E-state index contributed by atoms with van der Waals surface area (Å²) in [6, 6.07) is 12.5. The predicted octanol–water partition coefficient (Wildman–Crippen LogP) is 2.33. The number of nitrogens with zero attached hydrogens (tertiary/aromatic N) is 3. The fourth-order valence-electron chi connectivity index (χ4n) is 4.02. The molecule has 0 N–H and O–H groups in total. The number of amides is 2. The molecule has 158 valence electrons. The lowest BCUT2D eigenvalue weighted by atomic mass is 10.1. The van der Waals surface area contributed by atoms with E-state index in [1.165, 1.54) is 28.9 Å². The average molecular weight is 428 g/mol. The first-order valence-electron chi connectivity index (χ1n) is 10.0. The molecule has 0 atom stereocenters. The van der Waals surface area contributed by atoms with Crippen molar-refractivity contribution in [3.8, 4) is 0 Å². The lowest BCUT2D eigenvalue weighted by molar-refractivity contribution is -0.116. The van der Waals surface area contributed by atoms with Gasteiger partial charge in [0.1, 0.15) is 0 Å². The first-order chi connectivity index (χ1) is 14.3. The summed E-state index contributed by atoms with van der Waals surface area (Å²) in [5, 5.41) is 0. The molecule has 30 heavy (non-hydrogen) atoms. The van der Waals surface area contributed by atoms with Crippen LogP contribution in [0.15, 0.2) is 42.5 Å². The van der Waals surface area contributed by atoms with Crippen molar-refractivity contribution < 1.29 is 18.0 Å². The molecule has 2 aromatic carbocycles. The molecule has 2 amide bonds. The summed E-state index contributed by atoms with van der Waals surface area (Å²) in [5.41, 5.74) is 4.50. The highest BCUT2D eigenvalue weighted by atomic mass is 32.2. The second-order valence-electron chi connectivity index (χ2n) is 7.77. The van der Waals surface area contributed by atoms with E-state index >= 15 is 0 Å². The minimum Gasteiger partial charge on any atom is -0.368 e. The van der Waals surface area contributed by atoms with E-state index in [2.05, 4.69) is 36.9 Å². The monoisotopic (exact) mass is 427 g/mol. The average Bonchev–Trinajstić information content (AvgIpc) is 3.02. The summed E-state index contributed by atoms with van der Waals surface area (Å²) in [6.07, 6.45) is -0.00624. The van der Waals surface area contributed by atoms with Crippen LogP contribution >= 0.6 is 0 Å². The van der Waals surface area contributed by atoms with Gasteiger partial charge in [-0.3, -0.25) is 9.59 Å². The summed E-state index contributed by atoms with van der Waals surface area (Å²) in [5.74, 6) is -0.689. The van der Waals surface area contributed by atoms with Gasteiger partial charge in [-0.25, -0.2) is 12.7 Å². The largest absolute Gasteiger partial charge is 0.368 e. The minimum atomic E-state index is -3.60. The van der Waals surface area contributed by atoms with Crippen molar-refractivity contribution in [3.05, 3.63) is 59.2 Å². The van der Waals surface area contributed by atoms with E-state index in [1.807, 2.05) is 4.90 Å². The highest BCUT2D eigenvalue weighted by Crippen LogP contribution is 2.27. The van der Waals surface area contributed by atoms with Crippen LogP contribution in [-0.4, -0.2) is 57.1 Å². The maximum Gasteiger partial charge on any atom is 0.253 e. The number of carbonyl (C=O) groups is 2. The van der Waals surface area contributed by atoms with Gasteiger partial charge in [-0.2, -0.15) is 0 Å². The fourth-order valence-corrected chi connectivity index (χ4v) is 5.48. The van der Waals surface area contributed by atoms with Crippen LogP contribution in [0.25, 0.3) is 0 Å². The molecule has 0 aliphatic carbocycles. The maximum atomic E-state index is 12.9. The Kier molecular flexibility index (Phi) is 5.27. The number of carbonyl (C=O) groups excluding carboxylic acids is 2. The molecule has 8 heteroatoms. The van der Waals surface area contributed by atoms with Gasteiger partial charge in [0.25, 0.3) is 5.91 Å². The van der Waals surface area contributed by atoms with Crippen molar-refractivity contribution in [1.82, 2.24) is 4.90 Å². The molecule has 0 radical (unpaired) electrons. The quantitative estimate of drug-likeness (QED) is 0.751. The van der Waals surface area contributed by atoms with E-state index in [9.17, 15) is 18.0 Å². The van der Waals surface area contributed by atoms with Gasteiger partial charge in [-0.15, -0.1) is 0 Å². The third-order valence-corrected chi connectivity index (χ3v) is 7.60. The third-order valence-electron chi connectivity index (χ3n) is 5.91. The summed E-state index contributed by atoms with van der Waals surface area (Å²) >= 11 is 0. The zero-order valence-electron chi connectivity index (χ0n) is 17.2. The molecular weight excluding hydrogens is 402 g/mol. The van der Waals surface area contributed by atoms with Crippen LogP contribution in [0.4, 0.5) is 11.4 Å². The highest BCUT2D eigenvalue weighted by Gasteiger charge is 2.36. The van der Waals surface area contributed by atoms with Crippen LogP contribution in [0.1, 0.15) is 27.9 Å². The Bertz CT molecular complexity index is 1090.